The van der Waals surface area contributed by atoms with Gasteiger partial charge in [-0.15, -0.1) is 0 Å². The maximum absolute atomic E-state index is 13.2. The third kappa shape index (κ3) is 4.95. The zero-order valence-electron chi connectivity index (χ0n) is 21.2. The molecule has 1 aliphatic rings. The summed E-state index contributed by atoms with van der Waals surface area (Å²) in [5.74, 6) is 0.817. The minimum Gasteiger partial charge on any atom is -0.481 e. The topological polar surface area (TPSA) is 84.9 Å². The van der Waals surface area contributed by atoms with Gasteiger partial charge < -0.3 is 9.47 Å². The molecule has 8 nitrogen and oxygen atoms in total. The summed E-state index contributed by atoms with van der Waals surface area (Å²) in [5, 5.41) is 0.665. The number of urea groups is 1. The molecule has 2 aromatic heterocycles. The number of carbonyl (C=O) groups excluding carboxylic acids is 2. The number of benzene rings is 2. The summed E-state index contributed by atoms with van der Waals surface area (Å²) in [4.78, 5) is 36.7. The SMILES string of the molecule is COc1cc2nccc(Oc3ccc(N4C(=O)CN(c5cccc(C(F)(F)F)c5)C4=O)cc3C(C)C)c2cn1. The molecule has 11 heteroatoms. The lowest BCUT2D eigenvalue weighted by atomic mass is 10.0. The summed E-state index contributed by atoms with van der Waals surface area (Å²) >= 11 is 0. The number of halogens is 3. The van der Waals surface area contributed by atoms with Gasteiger partial charge in [-0.2, -0.15) is 13.2 Å². The summed E-state index contributed by atoms with van der Waals surface area (Å²) in [7, 11) is 1.51. The van der Waals surface area contributed by atoms with Crippen molar-refractivity contribution < 1.29 is 32.2 Å². The number of amides is 3. The Morgan fingerprint density at radius 1 is 0.949 bits per heavy atom. The van der Waals surface area contributed by atoms with Gasteiger partial charge in [0.15, 0.2) is 0 Å². The number of carbonyl (C=O) groups is 2. The van der Waals surface area contributed by atoms with Crippen LogP contribution in [0.4, 0.5) is 29.3 Å². The third-order valence-corrected chi connectivity index (χ3v) is 6.31. The highest BCUT2D eigenvalue weighted by Gasteiger charge is 2.39. The highest BCUT2D eigenvalue weighted by atomic mass is 19.4. The highest BCUT2D eigenvalue weighted by molar-refractivity contribution is 6.27. The largest absolute Gasteiger partial charge is 0.481 e. The van der Waals surface area contributed by atoms with E-state index in [4.69, 9.17) is 9.47 Å². The molecule has 5 rings (SSSR count). The van der Waals surface area contributed by atoms with Crippen molar-refractivity contribution in [2.45, 2.75) is 25.9 Å². The molecular weight excluding hydrogens is 513 g/mol. The Hall–Kier alpha value is -4.67. The molecule has 0 aliphatic carbocycles. The molecule has 3 heterocycles. The van der Waals surface area contributed by atoms with Crippen LogP contribution in [-0.2, 0) is 11.0 Å². The van der Waals surface area contributed by atoms with E-state index in [1.165, 1.54) is 19.2 Å². The van der Waals surface area contributed by atoms with Gasteiger partial charge in [-0.05, 0) is 53.9 Å². The van der Waals surface area contributed by atoms with Crippen molar-refractivity contribution in [2.24, 2.45) is 0 Å². The van der Waals surface area contributed by atoms with Crippen molar-refractivity contribution in [2.75, 3.05) is 23.5 Å². The van der Waals surface area contributed by atoms with Crippen molar-refractivity contribution in [3.05, 3.63) is 78.1 Å². The Labute approximate surface area is 221 Å². The van der Waals surface area contributed by atoms with Crippen LogP contribution in [0.2, 0.25) is 0 Å². The van der Waals surface area contributed by atoms with Crippen LogP contribution in [0.25, 0.3) is 10.9 Å². The number of rotatable bonds is 6. The maximum atomic E-state index is 13.2. The van der Waals surface area contributed by atoms with Crippen LogP contribution in [-0.4, -0.2) is 35.6 Å². The fraction of sp³-hybridized carbons (Fsp3) is 0.214. The van der Waals surface area contributed by atoms with Gasteiger partial charge in [0.1, 0.15) is 18.0 Å². The Morgan fingerprint density at radius 3 is 2.46 bits per heavy atom. The molecule has 2 aromatic carbocycles. The second-order valence-electron chi connectivity index (χ2n) is 9.18. The van der Waals surface area contributed by atoms with Crippen molar-refractivity contribution in [1.29, 1.82) is 0 Å². The molecular formula is C28H23F3N4O4. The number of hydrogen-bond donors (Lipinski definition) is 0. The monoisotopic (exact) mass is 536 g/mol. The van der Waals surface area contributed by atoms with E-state index in [1.807, 2.05) is 13.8 Å². The molecule has 0 unspecified atom stereocenters. The third-order valence-electron chi connectivity index (χ3n) is 6.31. The molecule has 0 spiro atoms. The molecule has 0 bridgehead atoms. The minimum atomic E-state index is -4.58. The molecule has 0 N–H and O–H groups in total. The second kappa shape index (κ2) is 9.90. The first-order valence-electron chi connectivity index (χ1n) is 12.0. The number of anilines is 2. The molecule has 1 aliphatic heterocycles. The highest BCUT2D eigenvalue weighted by Crippen LogP contribution is 2.38. The lowest BCUT2D eigenvalue weighted by Crippen LogP contribution is -2.33. The van der Waals surface area contributed by atoms with Gasteiger partial charge in [-0.1, -0.05) is 19.9 Å². The maximum Gasteiger partial charge on any atom is 0.416 e. The molecule has 0 atom stereocenters. The first-order valence-corrected chi connectivity index (χ1v) is 12.0. The summed E-state index contributed by atoms with van der Waals surface area (Å²) in [6, 6.07) is 11.9. The van der Waals surface area contributed by atoms with Crippen molar-refractivity contribution >= 4 is 34.2 Å². The molecule has 39 heavy (non-hydrogen) atoms. The number of pyridine rings is 2. The van der Waals surface area contributed by atoms with Gasteiger partial charge in [0.05, 0.1) is 29.3 Å². The Morgan fingerprint density at radius 2 is 1.74 bits per heavy atom. The second-order valence-corrected chi connectivity index (χ2v) is 9.18. The zero-order chi connectivity index (χ0) is 27.9. The van der Waals surface area contributed by atoms with Crippen LogP contribution in [0, 0.1) is 0 Å². The van der Waals surface area contributed by atoms with E-state index in [1.54, 1.807) is 42.7 Å². The van der Waals surface area contributed by atoms with E-state index in [0.717, 1.165) is 27.5 Å². The lowest BCUT2D eigenvalue weighted by molar-refractivity contribution is -0.137. The number of imide groups is 1. The smallest absolute Gasteiger partial charge is 0.416 e. The quantitative estimate of drug-likeness (QED) is 0.260. The first-order chi connectivity index (χ1) is 18.6. The van der Waals surface area contributed by atoms with Gasteiger partial charge in [-0.3, -0.25) is 14.7 Å². The van der Waals surface area contributed by atoms with Crippen LogP contribution in [0.1, 0.15) is 30.9 Å². The van der Waals surface area contributed by atoms with E-state index in [2.05, 4.69) is 9.97 Å². The first kappa shape index (κ1) is 26.0. The number of fused-ring (bicyclic) bond motifs is 1. The summed E-state index contributed by atoms with van der Waals surface area (Å²) < 4.78 is 51.0. The Kier molecular flexibility index (Phi) is 6.59. The van der Waals surface area contributed by atoms with E-state index in [-0.39, 0.29) is 18.2 Å². The molecule has 0 saturated carbocycles. The van der Waals surface area contributed by atoms with Crippen LogP contribution in [0.5, 0.6) is 17.4 Å². The normalized spacial score (nSPS) is 14.0. The average molecular weight is 537 g/mol. The van der Waals surface area contributed by atoms with Crippen molar-refractivity contribution in [3.63, 3.8) is 0 Å². The Balaban J connectivity index is 1.46. The van der Waals surface area contributed by atoms with E-state index >= 15 is 0 Å². The standard InChI is InChI=1S/C28H23F3N4O4/c1-16(2)20-12-19(7-8-23(20)39-24-9-10-32-22-13-25(38-3)33-14-21(22)24)35-26(36)15-34(27(35)37)18-6-4-5-17(11-18)28(29,30)31/h4-14,16H,15H2,1-3H3. The number of hydrogen-bond acceptors (Lipinski definition) is 6. The van der Waals surface area contributed by atoms with Crippen molar-refractivity contribution in [3.8, 4) is 17.4 Å². The Bertz CT molecular complexity index is 1590. The molecule has 3 amide bonds. The number of aromatic nitrogens is 2. The fourth-order valence-electron chi connectivity index (χ4n) is 4.34. The molecule has 1 saturated heterocycles. The number of ether oxygens (including phenoxy) is 2. The van der Waals surface area contributed by atoms with E-state index < -0.39 is 23.7 Å². The average Bonchev–Trinajstić information content (AvgIpc) is 3.21. The van der Waals surface area contributed by atoms with Gasteiger partial charge in [-0.25, -0.2) is 14.7 Å². The van der Waals surface area contributed by atoms with E-state index in [9.17, 15) is 22.8 Å². The van der Waals surface area contributed by atoms with Gasteiger partial charge >= 0.3 is 12.2 Å². The summed E-state index contributed by atoms with van der Waals surface area (Å²) in [6.07, 6.45) is -1.37. The predicted molar refractivity (Wildman–Crippen MR) is 138 cm³/mol. The van der Waals surface area contributed by atoms with Gasteiger partial charge in [0.25, 0.3) is 5.91 Å². The zero-order valence-corrected chi connectivity index (χ0v) is 21.2. The van der Waals surface area contributed by atoms with Crippen LogP contribution in [0.3, 0.4) is 0 Å². The van der Waals surface area contributed by atoms with E-state index in [0.29, 0.717) is 34.0 Å². The summed E-state index contributed by atoms with van der Waals surface area (Å²) in [6.45, 7) is 3.49. The number of methoxy groups -OCH3 is 1. The number of nitrogens with zero attached hydrogens (tertiary/aromatic N) is 4. The number of alkyl halides is 3. The van der Waals surface area contributed by atoms with Crippen LogP contribution >= 0.6 is 0 Å². The van der Waals surface area contributed by atoms with Crippen molar-refractivity contribution in [1.82, 2.24) is 9.97 Å². The minimum absolute atomic E-state index is 0.00971. The lowest BCUT2D eigenvalue weighted by Gasteiger charge is -2.21. The molecule has 4 aromatic rings. The van der Waals surface area contributed by atoms with Crippen LogP contribution < -0.4 is 19.3 Å². The molecule has 1 fully saturated rings. The van der Waals surface area contributed by atoms with Gasteiger partial charge in [0, 0.05) is 24.1 Å². The summed E-state index contributed by atoms with van der Waals surface area (Å²) in [5.41, 5.74) is 0.729. The molecule has 200 valence electrons. The fourth-order valence-corrected chi connectivity index (χ4v) is 4.34. The molecule has 0 radical (unpaired) electrons. The van der Waals surface area contributed by atoms with Crippen LogP contribution in [0.15, 0.2) is 67.0 Å². The van der Waals surface area contributed by atoms with Gasteiger partial charge in [0.2, 0.25) is 5.88 Å². The predicted octanol–water partition coefficient (Wildman–Crippen LogP) is 6.55.